The number of rotatable bonds is 17. The lowest BCUT2D eigenvalue weighted by Crippen LogP contribution is -2.04. The molecule has 0 atom stereocenters. The first-order valence-corrected chi connectivity index (χ1v) is 12.6. The summed E-state index contributed by atoms with van der Waals surface area (Å²) in [5, 5.41) is 19.6. The molecule has 0 unspecified atom stereocenters. The largest absolute Gasteiger partial charge is 0.508 e. The lowest BCUT2D eigenvalue weighted by atomic mass is 10.1. The van der Waals surface area contributed by atoms with Gasteiger partial charge in [-0.05, 0) is 42.3 Å². The summed E-state index contributed by atoms with van der Waals surface area (Å²) in [5.74, 6) is 0.194. The number of hydrogen-bond donors (Lipinski definition) is 2. The molecule has 2 rings (SSSR count). The maximum Gasteiger partial charge on any atom is 0.193 e. The summed E-state index contributed by atoms with van der Waals surface area (Å²) in [5.41, 5.74) is 0.974. The number of carbonyl (C=O) groups excluding carboxylic acids is 1. The monoisotopic (exact) mass is 452 g/mol. The molecule has 0 amide bonds. The molecule has 33 heavy (non-hydrogen) atoms. The van der Waals surface area contributed by atoms with Gasteiger partial charge in [-0.3, -0.25) is 4.79 Å². The average molecular weight is 453 g/mol. The van der Waals surface area contributed by atoms with Gasteiger partial charge in [-0.15, -0.1) is 0 Å². The summed E-state index contributed by atoms with van der Waals surface area (Å²) in [6.07, 6.45) is 18.4. The summed E-state index contributed by atoms with van der Waals surface area (Å²) < 4.78 is 5.85. The summed E-state index contributed by atoms with van der Waals surface area (Å²) in [6.45, 7) is 2.79. The van der Waals surface area contributed by atoms with Gasteiger partial charge in [0.25, 0.3) is 0 Å². The number of benzene rings is 2. The Labute approximate surface area is 199 Å². The Morgan fingerprint density at radius 3 is 1.97 bits per heavy atom. The maximum atomic E-state index is 12.7. The van der Waals surface area contributed by atoms with Gasteiger partial charge in [-0.1, -0.05) is 102 Å². The fourth-order valence-corrected chi connectivity index (χ4v) is 3.85. The first-order valence-electron chi connectivity index (χ1n) is 12.6. The van der Waals surface area contributed by atoms with E-state index in [1.807, 2.05) is 0 Å². The van der Waals surface area contributed by atoms with Gasteiger partial charge in [-0.25, -0.2) is 0 Å². The van der Waals surface area contributed by atoms with Crippen LogP contribution in [0.4, 0.5) is 0 Å². The SMILES string of the molecule is CCCCCCCCCCCCCCOc1cccc(O)c1C(=O)/C=C/c1ccc(O)cc1. The first kappa shape index (κ1) is 26.5. The van der Waals surface area contributed by atoms with Crippen LogP contribution in [0.15, 0.2) is 48.5 Å². The number of aromatic hydroxyl groups is 2. The molecule has 0 aliphatic heterocycles. The van der Waals surface area contributed by atoms with E-state index in [9.17, 15) is 15.0 Å². The molecule has 0 saturated carbocycles. The number of allylic oxidation sites excluding steroid dienone is 1. The fraction of sp³-hybridized carbons (Fsp3) is 0.483. The average Bonchev–Trinajstić information content (AvgIpc) is 2.81. The maximum absolute atomic E-state index is 12.7. The van der Waals surface area contributed by atoms with E-state index >= 15 is 0 Å². The minimum atomic E-state index is -0.314. The van der Waals surface area contributed by atoms with Crippen molar-refractivity contribution in [3.05, 3.63) is 59.7 Å². The van der Waals surface area contributed by atoms with Crippen LogP contribution in [0.1, 0.15) is 99.9 Å². The Morgan fingerprint density at radius 1 is 0.788 bits per heavy atom. The number of ketones is 1. The van der Waals surface area contributed by atoms with E-state index in [2.05, 4.69) is 6.92 Å². The van der Waals surface area contributed by atoms with Crippen molar-refractivity contribution in [2.75, 3.05) is 6.61 Å². The Kier molecular flexibility index (Phi) is 12.8. The second kappa shape index (κ2) is 16.0. The summed E-state index contributed by atoms with van der Waals surface area (Å²) in [6, 6.07) is 11.5. The number of hydrogen-bond acceptors (Lipinski definition) is 4. The molecule has 0 bridgehead atoms. The Hall–Kier alpha value is -2.75. The number of carbonyl (C=O) groups is 1. The molecule has 4 heteroatoms. The van der Waals surface area contributed by atoms with Gasteiger partial charge in [0.05, 0.1) is 6.61 Å². The van der Waals surface area contributed by atoms with E-state index in [-0.39, 0.29) is 22.8 Å². The van der Waals surface area contributed by atoms with E-state index < -0.39 is 0 Å². The smallest absolute Gasteiger partial charge is 0.193 e. The summed E-state index contributed by atoms with van der Waals surface area (Å²) in [4.78, 5) is 12.7. The molecule has 2 aromatic carbocycles. The zero-order chi connectivity index (χ0) is 23.7. The van der Waals surface area contributed by atoms with Crippen molar-refractivity contribution in [2.24, 2.45) is 0 Å². The van der Waals surface area contributed by atoms with Crippen molar-refractivity contribution in [1.29, 1.82) is 0 Å². The Morgan fingerprint density at radius 2 is 1.36 bits per heavy atom. The third-order valence-corrected chi connectivity index (χ3v) is 5.83. The van der Waals surface area contributed by atoms with Crippen LogP contribution in [-0.4, -0.2) is 22.6 Å². The van der Waals surface area contributed by atoms with Crippen molar-refractivity contribution in [3.8, 4) is 17.2 Å². The molecule has 0 radical (unpaired) electrons. The molecule has 0 heterocycles. The number of phenolic OH excluding ortho intramolecular Hbond substituents is 2. The highest BCUT2D eigenvalue weighted by atomic mass is 16.5. The second-order valence-electron chi connectivity index (χ2n) is 8.68. The van der Waals surface area contributed by atoms with E-state index in [0.717, 1.165) is 18.4 Å². The van der Waals surface area contributed by atoms with Crippen LogP contribution in [0.5, 0.6) is 17.2 Å². The summed E-state index contributed by atoms with van der Waals surface area (Å²) in [7, 11) is 0. The Bertz CT molecular complexity index is 839. The minimum absolute atomic E-state index is 0.0810. The lowest BCUT2D eigenvalue weighted by molar-refractivity contribution is 0.104. The highest BCUT2D eigenvalue weighted by Crippen LogP contribution is 2.29. The van der Waals surface area contributed by atoms with Gasteiger partial charge in [0.2, 0.25) is 0 Å². The van der Waals surface area contributed by atoms with E-state index in [1.54, 1.807) is 42.5 Å². The van der Waals surface area contributed by atoms with Crippen molar-refractivity contribution < 1.29 is 19.7 Å². The van der Waals surface area contributed by atoms with E-state index in [4.69, 9.17) is 4.74 Å². The molecule has 0 fully saturated rings. The second-order valence-corrected chi connectivity index (χ2v) is 8.68. The van der Waals surface area contributed by atoms with Gasteiger partial charge in [0.1, 0.15) is 22.8 Å². The standard InChI is InChI=1S/C29H40O4/c1-2-3-4-5-6-7-8-9-10-11-12-13-23-33-28-16-14-15-26(31)29(28)27(32)22-19-24-17-20-25(30)21-18-24/h14-22,30-31H,2-13,23H2,1H3/b22-19+. The molecule has 2 aromatic rings. The van der Waals surface area contributed by atoms with Crippen LogP contribution in [0.25, 0.3) is 6.08 Å². The van der Waals surface area contributed by atoms with Gasteiger partial charge in [-0.2, -0.15) is 0 Å². The van der Waals surface area contributed by atoms with Crippen LogP contribution in [0.2, 0.25) is 0 Å². The van der Waals surface area contributed by atoms with Gasteiger partial charge in [0.15, 0.2) is 5.78 Å². The van der Waals surface area contributed by atoms with Crippen LogP contribution in [-0.2, 0) is 0 Å². The Balaban J connectivity index is 1.68. The van der Waals surface area contributed by atoms with E-state index in [0.29, 0.717) is 12.4 Å². The third-order valence-electron chi connectivity index (χ3n) is 5.83. The third kappa shape index (κ3) is 10.6. The van der Waals surface area contributed by atoms with Crippen LogP contribution >= 0.6 is 0 Å². The number of phenols is 2. The molecule has 0 aliphatic rings. The van der Waals surface area contributed by atoms with Crippen molar-refractivity contribution in [2.45, 2.75) is 84.0 Å². The highest BCUT2D eigenvalue weighted by Gasteiger charge is 2.15. The molecule has 0 spiro atoms. The predicted molar refractivity (Wildman–Crippen MR) is 136 cm³/mol. The van der Waals surface area contributed by atoms with Gasteiger partial charge < -0.3 is 14.9 Å². The first-order chi connectivity index (χ1) is 16.1. The lowest BCUT2D eigenvalue weighted by Gasteiger charge is -2.11. The van der Waals surface area contributed by atoms with Gasteiger partial charge in [0, 0.05) is 0 Å². The van der Waals surface area contributed by atoms with Crippen molar-refractivity contribution >= 4 is 11.9 Å². The highest BCUT2D eigenvalue weighted by molar-refractivity contribution is 6.10. The molecular weight excluding hydrogens is 412 g/mol. The molecule has 0 aromatic heterocycles. The number of unbranched alkanes of at least 4 members (excludes halogenated alkanes) is 11. The molecule has 180 valence electrons. The predicted octanol–water partition coefficient (Wildman–Crippen LogP) is 8.07. The normalized spacial score (nSPS) is 11.2. The van der Waals surface area contributed by atoms with Crippen molar-refractivity contribution in [1.82, 2.24) is 0 Å². The van der Waals surface area contributed by atoms with Crippen LogP contribution in [0.3, 0.4) is 0 Å². The molecule has 0 aliphatic carbocycles. The minimum Gasteiger partial charge on any atom is -0.508 e. The quantitative estimate of drug-likeness (QED) is 0.145. The van der Waals surface area contributed by atoms with Crippen LogP contribution < -0.4 is 4.74 Å². The zero-order valence-corrected chi connectivity index (χ0v) is 20.1. The summed E-state index contributed by atoms with van der Waals surface area (Å²) >= 11 is 0. The van der Waals surface area contributed by atoms with Crippen LogP contribution in [0, 0.1) is 0 Å². The topological polar surface area (TPSA) is 66.8 Å². The molecule has 4 nitrogen and oxygen atoms in total. The van der Waals surface area contributed by atoms with Crippen molar-refractivity contribution in [3.63, 3.8) is 0 Å². The van der Waals surface area contributed by atoms with E-state index in [1.165, 1.54) is 76.4 Å². The molecule has 0 saturated heterocycles. The fourth-order valence-electron chi connectivity index (χ4n) is 3.85. The van der Waals surface area contributed by atoms with Gasteiger partial charge >= 0.3 is 0 Å². The molecular formula is C29H40O4. The molecule has 2 N–H and O–H groups in total. The zero-order valence-electron chi connectivity index (χ0n) is 20.1. The number of ether oxygens (including phenoxy) is 1.